The van der Waals surface area contributed by atoms with E-state index in [1.54, 1.807) is 0 Å². The minimum absolute atomic E-state index is 0.129. The first kappa shape index (κ1) is 19.0. The first-order valence-electron chi connectivity index (χ1n) is 10.7. The molecule has 0 aromatic heterocycles. The number of esters is 2. The Kier molecular flexibility index (Phi) is 4.47. The summed E-state index contributed by atoms with van der Waals surface area (Å²) >= 11 is 0. The Balaban J connectivity index is 1.60. The smallest absolute Gasteiger partial charge is 0.444 e. The van der Waals surface area contributed by atoms with Crippen LogP contribution in [0.25, 0.3) is 0 Å². The molecule has 0 amide bonds. The summed E-state index contributed by atoms with van der Waals surface area (Å²) < 4.78 is 11.5. The van der Waals surface area contributed by atoms with Crippen LogP contribution in [0.1, 0.15) is 72.1 Å². The average molecular weight is 376 g/mol. The Morgan fingerprint density at radius 3 is 2.70 bits per heavy atom. The molecule has 2 bridgehead atoms. The van der Waals surface area contributed by atoms with E-state index in [2.05, 4.69) is 27.4 Å². The number of ether oxygens (including phenoxy) is 2. The molecule has 1 spiro atoms. The highest BCUT2D eigenvalue weighted by Crippen LogP contribution is 2.80. The van der Waals surface area contributed by atoms with Crippen molar-refractivity contribution >= 4 is 11.9 Å². The van der Waals surface area contributed by atoms with Gasteiger partial charge in [-0.15, -0.1) is 0 Å². The van der Waals surface area contributed by atoms with Crippen LogP contribution in [0.2, 0.25) is 0 Å². The van der Waals surface area contributed by atoms with Crippen molar-refractivity contribution < 1.29 is 19.1 Å². The lowest BCUT2D eigenvalue weighted by Crippen LogP contribution is -2.51. The number of hydrogen-bond acceptors (Lipinski definition) is 3. The second kappa shape index (κ2) is 6.35. The van der Waals surface area contributed by atoms with E-state index in [1.165, 1.54) is 44.9 Å². The molecule has 0 radical (unpaired) electrons. The van der Waals surface area contributed by atoms with Gasteiger partial charge in [-0.25, -0.2) is 4.79 Å². The van der Waals surface area contributed by atoms with E-state index in [4.69, 9.17) is 9.47 Å². The molecular formula is C23H35O4+. The molecule has 0 heterocycles. The van der Waals surface area contributed by atoms with Gasteiger partial charge in [-0.3, -0.25) is 0 Å². The second-order valence-corrected chi connectivity index (χ2v) is 10.7. The van der Waals surface area contributed by atoms with Gasteiger partial charge in [0.05, 0.1) is 0 Å². The molecule has 6 atom stereocenters. The zero-order chi connectivity index (χ0) is 19.4. The van der Waals surface area contributed by atoms with E-state index in [9.17, 15) is 9.59 Å². The van der Waals surface area contributed by atoms with Crippen LogP contribution in [0.15, 0.2) is 12.7 Å². The molecule has 27 heavy (non-hydrogen) atoms. The van der Waals surface area contributed by atoms with E-state index in [-0.39, 0.29) is 18.2 Å². The van der Waals surface area contributed by atoms with Crippen molar-refractivity contribution in [2.24, 2.45) is 34.5 Å². The standard InChI is InChI=1S/C23H34O4/c1-5-19(24)26-13-20(25)27-23(16-8-6-7-15(2)9-16)17-10-21(3,4)14-22(11-17)12-18(22)23/h5,15-18H,1,6-14H2,2-4H3/p+1. The summed E-state index contributed by atoms with van der Waals surface area (Å²) in [6.07, 6.45) is 11.0. The van der Waals surface area contributed by atoms with E-state index in [1.807, 2.05) is 0 Å². The highest BCUT2D eigenvalue weighted by molar-refractivity contribution is 5.84. The maximum atomic E-state index is 11.4. The highest BCUT2D eigenvalue weighted by Gasteiger charge is 2.81. The number of rotatable bonds is 5. The maximum Gasteiger partial charge on any atom is 0.522 e. The van der Waals surface area contributed by atoms with Gasteiger partial charge in [-0.05, 0) is 55.3 Å². The summed E-state index contributed by atoms with van der Waals surface area (Å²) in [6, 6.07) is 0. The maximum absolute atomic E-state index is 11.4. The zero-order valence-electron chi connectivity index (χ0n) is 17.1. The monoisotopic (exact) mass is 375 g/mol. The van der Waals surface area contributed by atoms with Crippen molar-refractivity contribution in [2.45, 2.75) is 77.7 Å². The lowest BCUT2D eigenvalue weighted by Gasteiger charge is -2.44. The summed E-state index contributed by atoms with van der Waals surface area (Å²) in [5.41, 5.74) is 0.492. The summed E-state index contributed by atoms with van der Waals surface area (Å²) in [7, 11) is 0. The van der Waals surface area contributed by atoms with Crippen molar-refractivity contribution in [3.05, 3.63) is 12.7 Å². The molecule has 0 saturated heterocycles. The molecule has 0 aromatic carbocycles. The minimum atomic E-state index is -0.528. The van der Waals surface area contributed by atoms with Gasteiger partial charge in [0, 0.05) is 23.8 Å². The first-order chi connectivity index (χ1) is 12.7. The molecule has 0 aromatic rings. The average Bonchev–Trinajstić information content (AvgIpc) is 3.23. The van der Waals surface area contributed by atoms with Crippen LogP contribution < -0.4 is 0 Å². The molecule has 4 heteroatoms. The van der Waals surface area contributed by atoms with Crippen LogP contribution in [0.4, 0.5) is 0 Å². The van der Waals surface area contributed by atoms with Crippen LogP contribution in [-0.4, -0.2) is 28.9 Å². The number of fused-ring (bicyclic) bond motifs is 1. The van der Waals surface area contributed by atoms with E-state index in [0.29, 0.717) is 34.5 Å². The third-order valence-corrected chi connectivity index (χ3v) is 8.03. The van der Waals surface area contributed by atoms with Gasteiger partial charge in [0.1, 0.15) is 0 Å². The third-order valence-electron chi connectivity index (χ3n) is 8.03. The van der Waals surface area contributed by atoms with Crippen molar-refractivity contribution in [3.8, 4) is 0 Å². The van der Waals surface area contributed by atoms with Gasteiger partial charge in [0.2, 0.25) is 12.2 Å². The summed E-state index contributed by atoms with van der Waals surface area (Å²) in [5.74, 6) is 1.59. The predicted molar refractivity (Wildman–Crippen MR) is 105 cm³/mol. The molecule has 4 saturated carbocycles. The van der Waals surface area contributed by atoms with Crippen LogP contribution in [-0.2, 0) is 14.3 Å². The van der Waals surface area contributed by atoms with Crippen LogP contribution in [0.3, 0.4) is 0 Å². The highest BCUT2D eigenvalue weighted by atomic mass is 16.6. The summed E-state index contributed by atoms with van der Waals surface area (Å²) in [4.78, 5) is 22.0. The molecule has 4 aliphatic rings. The Morgan fingerprint density at radius 1 is 1.22 bits per heavy atom. The van der Waals surface area contributed by atoms with E-state index in [0.717, 1.165) is 12.5 Å². The van der Waals surface area contributed by atoms with Gasteiger partial charge in [0.15, 0.2) is 0 Å². The SMILES string of the molecule is C=CC(=O)OCC(=[OH+])OC1(C2CCCC(C)C2)C2CC(C)(C)CC3(C2)CC31. The van der Waals surface area contributed by atoms with Crippen LogP contribution in [0.5, 0.6) is 0 Å². The topological polar surface area (TPSA) is 56.9 Å². The normalized spacial score (nSPS) is 44.1. The Bertz CT molecular complexity index is 649. The van der Waals surface area contributed by atoms with E-state index < -0.39 is 5.97 Å². The van der Waals surface area contributed by atoms with Crippen molar-refractivity contribution in [1.82, 2.24) is 0 Å². The summed E-state index contributed by atoms with van der Waals surface area (Å²) in [5, 5.41) is 0. The first-order valence-corrected chi connectivity index (χ1v) is 10.7. The predicted octanol–water partition coefficient (Wildman–Crippen LogP) is 4.65. The molecule has 4 fully saturated rings. The quantitative estimate of drug-likeness (QED) is 0.399. The Labute approximate surface area is 163 Å². The van der Waals surface area contributed by atoms with Crippen molar-refractivity contribution in [2.75, 3.05) is 6.61 Å². The number of carbonyl (C=O) groups is 1. The van der Waals surface area contributed by atoms with Gasteiger partial charge in [0.25, 0.3) is 0 Å². The number of carbonyl (C=O) groups excluding carboxylic acids is 2. The minimum Gasteiger partial charge on any atom is -0.444 e. The molecule has 1 N–H and O–H groups in total. The molecule has 150 valence electrons. The molecule has 0 aliphatic heterocycles. The van der Waals surface area contributed by atoms with Crippen molar-refractivity contribution in [1.29, 1.82) is 0 Å². The van der Waals surface area contributed by atoms with Gasteiger partial charge < -0.3 is 14.3 Å². The summed E-state index contributed by atoms with van der Waals surface area (Å²) in [6.45, 7) is 10.4. The largest absolute Gasteiger partial charge is 0.522 e. The lowest BCUT2D eigenvalue weighted by molar-refractivity contribution is -0.138. The fourth-order valence-corrected chi connectivity index (χ4v) is 7.46. The number of hydrogen-bond donors (Lipinski definition) is 0. The fourth-order valence-electron chi connectivity index (χ4n) is 7.46. The van der Waals surface area contributed by atoms with E-state index >= 15 is 0 Å². The molecule has 4 nitrogen and oxygen atoms in total. The molecule has 4 aliphatic carbocycles. The van der Waals surface area contributed by atoms with Crippen LogP contribution >= 0.6 is 0 Å². The van der Waals surface area contributed by atoms with Crippen LogP contribution in [0, 0.1) is 34.5 Å². The zero-order valence-corrected chi connectivity index (χ0v) is 17.1. The Hall–Kier alpha value is -1.32. The molecule has 6 unspecified atom stereocenters. The van der Waals surface area contributed by atoms with Gasteiger partial charge >= 0.3 is 11.9 Å². The molecule has 4 rings (SSSR count). The second-order valence-electron chi connectivity index (χ2n) is 10.7. The van der Waals surface area contributed by atoms with Gasteiger partial charge in [-0.2, -0.15) is 0 Å². The Morgan fingerprint density at radius 2 is 2.00 bits per heavy atom. The van der Waals surface area contributed by atoms with Gasteiger partial charge in [-0.1, -0.05) is 40.2 Å². The van der Waals surface area contributed by atoms with Crippen molar-refractivity contribution in [3.63, 3.8) is 0 Å². The third kappa shape index (κ3) is 3.13. The fraction of sp³-hybridized carbons (Fsp3) is 0.826. The lowest BCUT2D eigenvalue weighted by atomic mass is 9.62. The molecular weight excluding hydrogens is 340 g/mol.